The number of allylic oxidation sites excluding steroid dienone is 4. The van der Waals surface area contributed by atoms with Crippen LogP contribution in [0.5, 0.6) is 0 Å². The quantitative estimate of drug-likeness (QED) is 0.301. The van der Waals surface area contributed by atoms with Crippen molar-refractivity contribution >= 4 is 36.1 Å². The predicted octanol–water partition coefficient (Wildman–Crippen LogP) is 4.47. The molecule has 8 heteroatoms. The predicted molar refractivity (Wildman–Crippen MR) is 120 cm³/mol. The summed E-state index contributed by atoms with van der Waals surface area (Å²) in [6.07, 6.45) is 6.16. The van der Waals surface area contributed by atoms with Crippen LogP contribution in [0, 0.1) is 0 Å². The Labute approximate surface area is 170 Å². The van der Waals surface area contributed by atoms with E-state index in [0.29, 0.717) is 6.54 Å². The van der Waals surface area contributed by atoms with Gasteiger partial charge in [-0.3, -0.25) is 9.71 Å². The molecule has 2 aliphatic rings. The molecule has 2 aliphatic heterocycles. The third-order valence-electron chi connectivity index (χ3n) is 3.52. The number of hydrogen-bond acceptors (Lipinski definition) is 4. The summed E-state index contributed by atoms with van der Waals surface area (Å²) < 4.78 is 23.2. The highest BCUT2D eigenvalue weighted by molar-refractivity contribution is 9.09. The minimum atomic E-state index is 0. The molecule has 0 aromatic heterocycles. The van der Waals surface area contributed by atoms with Gasteiger partial charge in [0.05, 0.1) is 12.4 Å². The molecule has 1 unspecified atom stereocenters. The first-order chi connectivity index (χ1) is 12.4. The fourth-order valence-electron chi connectivity index (χ4n) is 1.11. The fraction of sp³-hybridized carbons (Fsp3) is 0.611. The van der Waals surface area contributed by atoms with Crippen molar-refractivity contribution in [2.75, 3.05) is 18.4 Å². The van der Waals surface area contributed by atoms with Gasteiger partial charge in [0.2, 0.25) is 0 Å². The van der Waals surface area contributed by atoms with E-state index < -0.39 is 0 Å². The van der Waals surface area contributed by atoms with Crippen molar-refractivity contribution in [1.82, 2.24) is 0 Å². The summed E-state index contributed by atoms with van der Waals surface area (Å²) in [5, 5.41) is 1.00. The van der Waals surface area contributed by atoms with E-state index in [-0.39, 0.29) is 20.2 Å². The number of rotatable bonds is 5. The van der Waals surface area contributed by atoms with Crippen LogP contribution in [-0.2, 0) is 9.31 Å². The van der Waals surface area contributed by atoms with Crippen molar-refractivity contribution < 1.29 is 14.0 Å². The average molecular weight is 434 g/mol. The lowest BCUT2D eigenvalue weighted by molar-refractivity contribution is 0.513. The maximum absolute atomic E-state index is 8.75. The van der Waals surface area contributed by atoms with Gasteiger partial charge in [-0.05, 0) is 41.5 Å². The van der Waals surface area contributed by atoms with E-state index in [0.717, 1.165) is 17.7 Å². The van der Waals surface area contributed by atoms with Crippen LogP contribution < -0.4 is 5.73 Å². The SMILES string of the molecule is C.C/C=C(\C)CBr.C/C=C(\C)CN.C/C=C(\C)CN=C1OB1C1[B]O1.[3H]F. The first kappa shape index (κ1) is 27.4. The molecule has 2 saturated heterocycles. The van der Waals surface area contributed by atoms with Crippen molar-refractivity contribution in [1.29, 1.82) is 1.45 Å². The van der Waals surface area contributed by atoms with Crippen LogP contribution in [0.1, 0.15) is 49.0 Å². The Balaban J connectivity index is -0.000000332. The first-order valence-electron chi connectivity index (χ1n) is 8.62. The zero-order chi connectivity index (χ0) is 20.5. The number of nitrogens with two attached hydrogens (primary N) is 1. The molecule has 0 aliphatic carbocycles. The summed E-state index contributed by atoms with van der Waals surface area (Å²) in [4.78, 5) is 4.28. The summed E-state index contributed by atoms with van der Waals surface area (Å²) in [7, 11) is 1.77. The second-order valence-corrected chi connectivity index (χ2v) is 6.23. The molecule has 2 N–H and O–H groups in total. The van der Waals surface area contributed by atoms with Crippen LogP contribution in [0.2, 0.25) is 0 Å². The lowest BCUT2D eigenvalue weighted by Crippen LogP contribution is -2.05. The van der Waals surface area contributed by atoms with E-state index in [4.69, 9.17) is 19.8 Å². The zero-order valence-corrected chi connectivity index (χ0v) is 17.8. The van der Waals surface area contributed by atoms with Crippen molar-refractivity contribution in [3.63, 3.8) is 0 Å². The Morgan fingerprint density at radius 2 is 1.73 bits per heavy atom. The second kappa shape index (κ2) is 17.6. The summed E-state index contributed by atoms with van der Waals surface area (Å²) in [5.74, 6) is 1.03. The molecule has 0 bridgehead atoms. The van der Waals surface area contributed by atoms with E-state index >= 15 is 0 Å². The highest BCUT2D eigenvalue weighted by atomic mass is 79.9. The topological polar surface area (TPSA) is 63.4 Å². The maximum Gasteiger partial charge on any atom is 0.473 e. The molecule has 2 fully saturated rings. The molecule has 4 nitrogen and oxygen atoms in total. The molecular weight excluding hydrogens is 397 g/mol. The summed E-state index contributed by atoms with van der Waals surface area (Å²) >= 11 is 3.31. The van der Waals surface area contributed by atoms with Crippen LogP contribution in [0.3, 0.4) is 0 Å². The van der Waals surface area contributed by atoms with Crippen LogP contribution in [0.4, 0.5) is 4.72 Å². The highest BCUT2D eigenvalue weighted by Crippen LogP contribution is 2.23. The fourth-order valence-corrected chi connectivity index (χ4v) is 1.43. The van der Waals surface area contributed by atoms with Crippen molar-refractivity contribution in [2.24, 2.45) is 10.7 Å². The van der Waals surface area contributed by atoms with E-state index in [1.54, 1.807) is 7.48 Å². The molecule has 0 saturated carbocycles. The van der Waals surface area contributed by atoms with Gasteiger partial charge in [0.15, 0.2) is 5.80 Å². The molecule has 0 amide bonds. The van der Waals surface area contributed by atoms with E-state index in [2.05, 4.69) is 48.4 Å². The Morgan fingerprint density at radius 3 is 2.00 bits per heavy atom. The van der Waals surface area contributed by atoms with Gasteiger partial charge in [0.1, 0.15) is 0 Å². The van der Waals surface area contributed by atoms with Crippen LogP contribution in [0.25, 0.3) is 0 Å². The zero-order valence-electron chi connectivity index (χ0n) is 17.2. The van der Waals surface area contributed by atoms with Gasteiger partial charge in [0.25, 0.3) is 1.45 Å². The van der Waals surface area contributed by atoms with Gasteiger partial charge >= 0.3 is 14.4 Å². The smallest absolute Gasteiger partial charge is 0.473 e. The average Bonchev–Trinajstić information content (AvgIpc) is 3.60. The standard InChI is InChI=1S/C7H10B2NO2.C5H9Br.C5H11N.CH4.FH/c1-3-5(2)4-10-7-9(12-7)6-8-11-6;2*1-3-5(2)4-6;;/h3,6H,4H2,1-2H3;3H,4H2,1-2H3;3H,4,6H2,1-2H3;1H4;1H/b5-3+,10-7?;2*5-3+;;/i/hT. The Hall–Kier alpha value is -0.850. The largest absolute Gasteiger partial charge is 0.545 e. The van der Waals surface area contributed by atoms with Gasteiger partial charge < -0.3 is 15.0 Å². The molecule has 149 valence electrons. The lowest BCUT2D eigenvalue weighted by atomic mass is 9.65. The van der Waals surface area contributed by atoms with Gasteiger partial charge in [-0.2, -0.15) is 0 Å². The minimum Gasteiger partial charge on any atom is -0.545 e. The molecule has 0 aromatic carbocycles. The number of nitrogens with zero attached hydrogens (tertiary/aromatic N) is 1. The lowest BCUT2D eigenvalue weighted by Gasteiger charge is -1.88. The molecule has 1 radical (unpaired) electrons. The Bertz CT molecular complexity index is 482. The highest BCUT2D eigenvalue weighted by Gasteiger charge is 2.56. The van der Waals surface area contributed by atoms with E-state index in [9.17, 15) is 0 Å². The number of alkyl halides is 1. The normalized spacial score (nSPS) is 19.7. The third kappa shape index (κ3) is 15.4. The third-order valence-corrected chi connectivity index (χ3v) is 4.41. The Kier molecular flexibility index (Phi) is 18.5. The Morgan fingerprint density at radius 1 is 1.23 bits per heavy atom. The van der Waals surface area contributed by atoms with Gasteiger partial charge in [0, 0.05) is 11.9 Å². The number of hydrogen-bond donors (Lipinski definition) is 1. The molecule has 26 heavy (non-hydrogen) atoms. The van der Waals surface area contributed by atoms with E-state index in [1.165, 1.54) is 16.7 Å². The van der Waals surface area contributed by atoms with Gasteiger partial charge in [-0.25, -0.2) is 0 Å². The summed E-state index contributed by atoms with van der Waals surface area (Å²) in [6.45, 7) is 13.8. The molecule has 0 spiro atoms. The molecule has 0 aromatic rings. The molecular formula is C18H35B2BrFN2O2. The number of aliphatic imine (C=N–C) groups is 1. The van der Waals surface area contributed by atoms with Crippen LogP contribution in [0.15, 0.2) is 39.9 Å². The van der Waals surface area contributed by atoms with Crippen molar-refractivity contribution in [3.05, 3.63) is 34.9 Å². The number of halogens is 2. The molecule has 2 rings (SSSR count). The van der Waals surface area contributed by atoms with Crippen molar-refractivity contribution in [2.45, 2.75) is 54.9 Å². The molecule has 1 atom stereocenters. The first-order valence-corrected chi connectivity index (χ1v) is 9.36. The van der Waals surface area contributed by atoms with Crippen LogP contribution in [-0.4, -0.2) is 46.0 Å². The molecule has 2 heterocycles. The van der Waals surface area contributed by atoms with E-state index in [1.807, 2.05) is 33.8 Å². The van der Waals surface area contributed by atoms with Crippen LogP contribution >= 0.6 is 15.9 Å². The second-order valence-electron chi connectivity index (χ2n) is 5.67. The van der Waals surface area contributed by atoms with Crippen molar-refractivity contribution in [3.8, 4) is 0 Å². The summed E-state index contributed by atoms with van der Waals surface area (Å²) in [6, 6.07) is 0. The minimum absolute atomic E-state index is 0. The monoisotopic (exact) mass is 433 g/mol. The summed E-state index contributed by atoms with van der Waals surface area (Å²) in [5.41, 5.74) is 9.11. The van der Waals surface area contributed by atoms with Gasteiger partial charge in [-0.15, -0.1) is 0 Å². The maximum atomic E-state index is 8.75. The van der Waals surface area contributed by atoms with Gasteiger partial charge in [-0.1, -0.05) is 58.3 Å².